The van der Waals surface area contributed by atoms with Crippen LogP contribution in [0.25, 0.3) is 0 Å². The first-order valence-electron chi connectivity index (χ1n) is 6.85. The van der Waals surface area contributed by atoms with Crippen LogP contribution in [-0.2, 0) is 9.47 Å². The Morgan fingerprint density at radius 1 is 1.18 bits per heavy atom. The van der Waals surface area contributed by atoms with Crippen LogP contribution in [-0.4, -0.2) is 65.7 Å². The van der Waals surface area contributed by atoms with Gasteiger partial charge in [-0.15, -0.1) is 0 Å². The number of hydrogen-bond donors (Lipinski definition) is 5. The average molecular weight is 312 g/mol. The van der Waals surface area contributed by atoms with Crippen LogP contribution in [0.1, 0.15) is 0 Å². The lowest BCUT2D eigenvalue weighted by Gasteiger charge is -2.39. The summed E-state index contributed by atoms with van der Waals surface area (Å²) in [6.45, 7) is -0.0521. The Balaban J connectivity index is 1.86. The molecular formula is C14H20N2O6. The molecule has 1 aliphatic rings. The van der Waals surface area contributed by atoms with Gasteiger partial charge in [0, 0.05) is 19.3 Å². The predicted octanol–water partition coefficient (Wildman–Crippen LogP) is -0.738. The molecule has 1 heterocycles. The summed E-state index contributed by atoms with van der Waals surface area (Å²) in [4.78, 5) is 11.8. The van der Waals surface area contributed by atoms with Gasteiger partial charge in [-0.2, -0.15) is 0 Å². The molecule has 1 aromatic carbocycles. The van der Waals surface area contributed by atoms with Crippen LogP contribution in [0.4, 0.5) is 10.5 Å². The Bertz CT molecular complexity index is 483. The van der Waals surface area contributed by atoms with Gasteiger partial charge in [0.15, 0.2) is 6.29 Å². The monoisotopic (exact) mass is 312 g/mol. The molecule has 8 nitrogen and oxygen atoms in total. The zero-order valence-corrected chi connectivity index (χ0v) is 12.0. The van der Waals surface area contributed by atoms with Crippen molar-refractivity contribution in [2.45, 2.75) is 30.7 Å². The lowest BCUT2D eigenvalue weighted by Crippen LogP contribution is -2.60. The van der Waals surface area contributed by atoms with E-state index in [2.05, 4.69) is 10.6 Å². The smallest absolute Gasteiger partial charge is 0.319 e. The summed E-state index contributed by atoms with van der Waals surface area (Å²) >= 11 is 0. The van der Waals surface area contributed by atoms with Crippen LogP contribution in [0.15, 0.2) is 30.3 Å². The number of aliphatic hydroxyl groups is 3. The Labute approximate surface area is 127 Å². The van der Waals surface area contributed by atoms with Crippen molar-refractivity contribution in [2.24, 2.45) is 0 Å². The molecule has 2 amide bonds. The second-order valence-electron chi connectivity index (χ2n) is 4.95. The van der Waals surface area contributed by atoms with Crippen LogP contribution >= 0.6 is 0 Å². The van der Waals surface area contributed by atoms with Crippen molar-refractivity contribution in [1.82, 2.24) is 5.32 Å². The summed E-state index contributed by atoms with van der Waals surface area (Å²) in [5.41, 5.74) is 0.621. The van der Waals surface area contributed by atoms with E-state index in [0.29, 0.717) is 5.69 Å². The van der Waals surface area contributed by atoms with Crippen molar-refractivity contribution in [3.8, 4) is 0 Å². The number of hydrogen-bond acceptors (Lipinski definition) is 6. The van der Waals surface area contributed by atoms with Crippen molar-refractivity contribution in [3.05, 3.63) is 30.3 Å². The normalized spacial score (nSPS) is 31.5. The maximum absolute atomic E-state index is 11.8. The first-order chi connectivity index (χ1) is 10.5. The minimum absolute atomic E-state index is 0.0521. The topological polar surface area (TPSA) is 120 Å². The minimum Gasteiger partial charge on any atom is -0.388 e. The fourth-order valence-electron chi connectivity index (χ4n) is 2.17. The predicted molar refractivity (Wildman–Crippen MR) is 77.2 cm³/mol. The fraction of sp³-hybridized carbons (Fsp3) is 0.500. The second-order valence-corrected chi connectivity index (χ2v) is 4.95. The lowest BCUT2D eigenvalue weighted by molar-refractivity contribution is -0.288. The summed E-state index contributed by atoms with van der Waals surface area (Å²) in [6, 6.07) is 8.37. The SMILES string of the molecule is CO[C@@H]1OC(CNC(=O)Nc2ccccc2)[C@H](O)[C@H](O)C1O. The van der Waals surface area contributed by atoms with Gasteiger partial charge >= 0.3 is 6.03 Å². The molecule has 0 saturated carbocycles. The van der Waals surface area contributed by atoms with Gasteiger partial charge in [-0.1, -0.05) is 18.2 Å². The molecule has 122 valence electrons. The molecule has 2 rings (SSSR count). The van der Waals surface area contributed by atoms with Gasteiger partial charge in [-0.25, -0.2) is 4.79 Å². The zero-order valence-electron chi connectivity index (χ0n) is 12.0. The Morgan fingerprint density at radius 3 is 2.50 bits per heavy atom. The van der Waals surface area contributed by atoms with E-state index >= 15 is 0 Å². The second kappa shape index (κ2) is 7.52. The largest absolute Gasteiger partial charge is 0.388 e. The molecule has 1 aliphatic heterocycles. The zero-order chi connectivity index (χ0) is 16.1. The number of nitrogens with one attached hydrogen (secondary N) is 2. The van der Waals surface area contributed by atoms with E-state index in [1.807, 2.05) is 6.07 Å². The molecule has 1 saturated heterocycles. The number of methoxy groups -OCH3 is 1. The lowest BCUT2D eigenvalue weighted by atomic mass is 9.99. The number of ether oxygens (including phenoxy) is 2. The number of urea groups is 1. The van der Waals surface area contributed by atoms with E-state index in [-0.39, 0.29) is 6.54 Å². The van der Waals surface area contributed by atoms with Gasteiger partial charge in [0.25, 0.3) is 0 Å². The van der Waals surface area contributed by atoms with Crippen molar-refractivity contribution < 1.29 is 29.6 Å². The van der Waals surface area contributed by atoms with Gasteiger partial charge in [0.2, 0.25) is 0 Å². The minimum atomic E-state index is -1.41. The highest BCUT2D eigenvalue weighted by Gasteiger charge is 2.43. The van der Waals surface area contributed by atoms with Crippen LogP contribution in [0.5, 0.6) is 0 Å². The maximum atomic E-state index is 11.8. The fourth-order valence-corrected chi connectivity index (χ4v) is 2.17. The summed E-state index contributed by atoms with van der Waals surface area (Å²) < 4.78 is 10.2. The van der Waals surface area contributed by atoms with Crippen LogP contribution in [0, 0.1) is 0 Å². The highest BCUT2D eigenvalue weighted by molar-refractivity contribution is 5.89. The number of anilines is 1. The number of aliphatic hydroxyl groups excluding tert-OH is 3. The number of amides is 2. The Hall–Kier alpha value is -1.71. The molecule has 0 bridgehead atoms. The highest BCUT2D eigenvalue weighted by Crippen LogP contribution is 2.21. The van der Waals surface area contributed by atoms with Gasteiger partial charge in [-0.3, -0.25) is 0 Å². The van der Waals surface area contributed by atoms with E-state index in [0.717, 1.165) is 0 Å². The summed E-state index contributed by atoms with van der Waals surface area (Å²) in [6.07, 6.45) is -6.07. The molecule has 5 N–H and O–H groups in total. The van der Waals surface area contributed by atoms with Gasteiger partial charge in [0.1, 0.15) is 24.4 Å². The molecule has 22 heavy (non-hydrogen) atoms. The summed E-state index contributed by atoms with van der Waals surface area (Å²) in [7, 11) is 1.31. The van der Waals surface area contributed by atoms with Crippen LogP contribution in [0.3, 0.4) is 0 Å². The molecule has 0 aromatic heterocycles. The van der Waals surface area contributed by atoms with Gasteiger partial charge in [-0.05, 0) is 12.1 Å². The summed E-state index contributed by atoms with van der Waals surface area (Å²) in [5, 5.41) is 34.4. The third-order valence-electron chi connectivity index (χ3n) is 3.40. The van der Waals surface area contributed by atoms with Crippen molar-refractivity contribution >= 4 is 11.7 Å². The Morgan fingerprint density at radius 2 is 1.86 bits per heavy atom. The van der Waals surface area contributed by atoms with Gasteiger partial charge < -0.3 is 35.4 Å². The van der Waals surface area contributed by atoms with E-state index in [1.165, 1.54) is 7.11 Å². The number of rotatable bonds is 4. The number of carbonyl (C=O) groups is 1. The molecule has 0 aliphatic carbocycles. The highest BCUT2D eigenvalue weighted by atomic mass is 16.7. The quantitative estimate of drug-likeness (QED) is 0.499. The van der Waals surface area contributed by atoms with Crippen molar-refractivity contribution in [2.75, 3.05) is 19.0 Å². The van der Waals surface area contributed by atoms with Crippen molar-refractivity contribution in [1.29, 1.82) is 0 Å². The Kier molecular flexibility index (Phi) is 5.69. The standard InChI is InChI=1S/C14H20N2O6/c1-21-13-12(19)11(18)10(17)9(22-13)7-15-14(20)16-8-5-3-2-4-6-8/h2-6,9-13,17-19H,7H2,1H3,(H2,15,16,20)/t9?,10-,11-,12?,13+/m0/s1. The molecule has 2 unspecified atom stereocenters. The van der Waals surface area contributed by atoms with Crippen molar-refractivity contribution in [3.63, 3.8) is 0 Å². The third-order valence-corrected chi connectivity index (χ3v) is 3.40. The molecule has 1 fully saturated rings. The maximum Gasteiger partial charge on any atom is 0.319 e. The van der Waals surface area contributed by atoms with Crippen LogP contribution < -0.4 is 10.6 Å². The van der Waals surface area contributed by atoms with E-state index in [1.54, 1.807) is 24.3 Å². The van der Waals surface area contributed by atoms with E-state index in [4.69, 9.17) is 9.47 Å². The summed E-state index contributed by atoms with van der Waals surface area (Å²) in [5.74, 6) is 0. The molecule has 0 spiro atoms. The van der Waals surface area contributed by atoms with Crippen LogP contribution in [0.2, 0.25) is 0 Å². The number of carbonyl (C=O) groups excluding carboxylic acids is 1. The molecule has 8 heteroatoms. The van der Waals surface area contributed by atoms with E-state index in [9.17, 15) is 20.1 Å². The van der Waals surface area contributed by atoms with E-state index < -0.39 is 36.7 Å². The molecule has 5 atom stereocenters. The van der Waals surface area contributed by atoms with Gasteiger partial charge in [0.05, 0.1) is 0 Å². The molecule has 1 aromatic rings. The average Bonchev–Trinajstić information content (AvgIpc) is 2.53. The first kappa shape index (κ1) is 16.7. The number of para-hydroxylation sites is 1. The third kappa shape index (κ3) is 3.93. The number of benzene rings is 1. The molecule has 0 radical (unpaired) electrons. The first-order valence-corrected chi connectivity index (χ1v) is 6.85. The molecular weight excluding hydrogens is 292 g/mol.